The summed E-state index contributed by atoms with van der Waals surface area (Å²) in [5.41, 5.74) is 2.06. The fourth-order valence-corrected chi connectivity index (χ4v) is 3.51. The summed E-state index contributed by atoms with van der Waals surface area (Å²) in [6.07, 6.45) is 5.09. The Morgan fingerprint density at radius 3 is 2.96 bits per heavy atom. The summed E-state index contributed by atoms with van der Waals surface area (Å²) in [5, 5.41) is 10.9. The van der Waals surface area contributed by atoms with E-state index in [1.54, 1.807) is 4.68 Å². The molecular weight excluding hydrogens is 344 g/mol. The average Bonchev–Trinajstić information content (AvgIpc) is 3.03. The Morgan fingerprint density at radius 2 is 2.11 bits per heavy atom. The molecule has 0 radical (unpaired) electrons. The van der Waals surface area contributed by atoms with E-state index in [0.29, 0.717) is 25.7 Å². The lowest BCUT2D eigenvalue weighted by Crippen LogP contribution is -2.29. The number of rotatable bonds is 5. The maximum atomic E-state index is 12.3. The summed E-state index contributed by atoms with van der Waals surface area (Å²) in [7, 11) is 0. The van der Waals surface area contributed by atoms with E-state index in [-0.39, 0.29) is 12.5 Å². The first-order chi connectivity index (χ1) is 13.3. The number of carbonyl (C=O) groups is 1. The Balaban J connectivity index is 1.30. The van der Waals surface area contributed by atoms with E-state index in [0.717, 1.165) is 48.7 Å². The van der Waals surface area contributed by atoms with Gasteiger partial charge in [-0.3, -0.25) is 9.48 Å². The zero-order valence-electron chi connectivity index (χ0n) is 15.4. The maximum Gasteiger partial charge on any atom is 0.241 e. The van der Waals surface area contributed by atoms with Crippen LogP contribution in [-0.4, -0.2) is 42.0 Å². The van der Waals surface area contributed by atoms with E-state index in [9.17, 15) is 4.79 Å². The average molecular weight is 370 g/mol. The Hall–Kier alpha value is -2.54. The molecule has 0 aliphatic carbocycles. The molecule has 0 bridgehead atoms. The lowest BCUT2D eigenvalue weighted by atomic mass is 9.97. The van der Waals surface area contributed by atoms with Crippen molar-refractivity contribution in [2.24, 2.45) is 0 Å². The summed E-state index contributed by atoms with van der Waals surface area (Å²) < 4.78 is 13.0. The molecule has 0 unspecified atom stereocenters. The number of nitrogens with one attached hydrogen (secondary N) is 2. The van der Waals surface area contributed by atoms with Gasteiger partial charge in [-0.15, -0.1) is 0 Å². The number of carbonyl (C=O) groups excluding carboxylic acids is 1. The molecule has 4 rings (SSSR count). The van der Waals surface area contributed by atoms with Crippen molar-refractivity contribution in [3.8, 4) is 11.5 Å². The number of fused-ring (bicyclic) bond motifs is 1. The van der Waals surface area contributed by atoms with Gasteiger partial charge in [0, 0.05) is 31.6 Å². The number of hydrogen-bond acceptors (Lipinski definition) is 5. The molecule has 1 saturated heterocycles. The van der Waals surface area contributed by atoms with Crippen molar-refractivity contribution in [3.05, 3.63) is 41.7 Å². The number of benzene rings is 1. The highest BCUT2D eigenvalue weighted by atomic mass is 16.5. The second-order valence-electron chi connectivity index (χ2n) is 7.09. The van der Waals surface area contributed by atoms with Crippen molar-refractivity contribution in [1.29, 1.82) is 0 Å². The largest absolute Gasteiger partial charge is 0.490 e. The third-order valence-corrected chi connectivity index (χ3v) is 4.98. The van der Waals surface area contributed by atoms with Gasteiger partial charge >= 0.3 is 0 Å². The summed E-state index contributed by atoms with van der Waals surface area (Å²) in [4.78, 5) is 12.3. The third kappa shape index (κ3) is 4.60. The highest BCUT2D eigenvalue weighted by Gasteiger charge is 2.18. The molecule has 2 N–H and O–H groups in total. The first-order valence-corrected chi connectivity index (χ1v) is 9.67. The zero-order chi connectivity index (χ0) is 18.5. The minimum Gasteiger partial charge on any atom is -0.490 e. The van der Waals surface area contributed by atoms with Crippen LogP contribution in [-0.2, 0) is 17.9 Å². The van der Waals surface area contributed by atoms with E-state index in [1.807, 2.05) is 30.5 Å². The Bertz CT molecular complexity index is 783. The fraction of sp³-hybridized carbons (Fsp3) is 0.500. The maximum absolute atomic E-state index is 12.3. The number of hydrogen-bond donors (Lipinski definition) is 2. The molecular formula is C20H26N4O3. The highest BCUT2D eigenvalue weighted by Crippen LogP contribution is 2.30. The number of amides is 1. The lowest BCUT2D eigenvalue weighted by molar-refractivity contribution is -0.122. The molecule has 2 aliphatic heterocycles. The number of nitrogens with zero attached hydrogens (tertiary/aromatic N) is 2. The minimum absolute atomic E-state index is 0.0569. The second kappa shape index (κ2) is 8.43. The van der Waals surface area contributed by atoms with Crippen molar-refractivity contribution in [2.45, 2.75) is 38.3 Å². The van der Waals surface area contributed by atoms with Gasteiger partial charge in [-0.05, 0) is 43.1 Å². The van der Waals surface area contributed by atoms with Gasteiger partial charge in [-0.25, -0.2) is 0 Å². The predicted octanol–water partition coefficient (Wildman–Crippen LogP) is 1.83. The van der Waals surface area contributed by atoms with E-state index in [1.165, 1.54) is 6.42 Å². The zero-order valence-corrected chi connectivity index (χ0v) is 15.4. The van der Waals surface area contributed by atoms with Crippen LogP contribution in [0.1, 0.15) is 36.4 Å². The monoisotopic (exact) mass is 370 g/mol. The molecule has 27 heavy (non-hydrogen) atoms. The van der Waals surface area contributed by atoms with Crippen LogP contribution in [0.4, 0.5) is 0 Å². The molecule has 1 aromatic carbocycles. The first kappa shape index (κ1) is 17.9. The summed E-state index contributed by atoms with van der Waals surface area (Å²) in [6.45, 7) is 4.06. The second-order valence-corrected chi connectivity index (χ2v) is 7.09. The van der Waals surface area contributed by atoms with Crippen molar-refractivity contribution in [2.75, 3.05) is 26.3 Å². The van der Waals surface area contributed by atoms with Gasteiger partial charge in [-0.2, -0.15) is 5.10 Å². The van der Waals surface area contributed by atoms with Gasteiger partial charge in [0.15, 0.2) is 11.5 Å². The standard InChI is InChI=1S/C20H26N4O3/c25-20(14-24-8-6-17(23-24)16-3-1-7-21-13-16)22-12-15-4-5-18-19(11-15)27-10-2-9-26-18/h4-6,8,11,16,21H,1-3,7,9-10,12-14H2,(H,22,25)/t16-/m1/s1. The van der Waals surface area contributed by atoms with Gasteiger partial charge in [0.1, 0.15) is 6.54 Å². The van der Waals surface area contributed by atoms with E-state index >= 15 is 0 Å². The van der Waals surface area contributed by atoms with Crippen LogP contribution in [0.25, 0.3) is 0 Å². The number of ether oxygens (including phenoxy) is 2. The number of aromatic nitrogens is 2. The quantitative estimate of drug-likeness (QED) is 0.840. The van der Waals surface area contributed by atoms with E-state index < -0.39 is 0 Å². The smallest absolute Gasteiger partial charge is 0.241 e. The van der Waals surface area contributed by atoms with Gasteiger partial charge in [0.2, 0.25) is 5.91 Å². The number of piperidine rings is 1. The molecule has 7 nitrogen and oxygen atoms in total. The van der Waals surface area contributed by atoms with Crippen LogP contribution in [0.5, 0.6) is 11.5 Å². The first-order valence-electron chi connectivity index (χ1n) is 9.67. The Morgan fingerprint density at radius 1 is 1.22 bits per heavy atom. The molecule has 1 atom stereocenters. The minimum atomic E-state index is -0.0569. The van der Waals surface area contributed by atoms with Crippen molar-refractivity contribution >= 4 is 5.91 Å². The highest BCUT2D eigenvalue weighted by molar-refractivity contribution is 5.75. The molecule has 3 heterocycles. The predicted molar refractivity (Wildman–Crippen MR) is 101 cm³/mol. The molecule has 0 saturated carbocycles. The van der Waals surface area contributed by atoms with Crippen LogP contribution in [0, 0.1) is 0 Å². The van der Waals surface area contributed by atoms with Crippen LogP contribution in [0.2, 0.25) is 0 Å². The fourth-order valence-electron chi connectivity index (χ4n) is 3.51. The van der Waals surface area contributed by atoms with Crippen LogP contribution < -0.4 is 20.1 Å². The summed E-state index contributed by atoms with van der Waals surface area (Å²) in [6, 6.07) is 7.81. The van der Waals surface area contributed by atoms with E-state index in [4.69, 9.17) is 9.47 Å². The van der Waals surface area contributed by atoms with Crippen molar-refractivity contribution in [3.63, 3.8) is 0 Å². The topological polar surface area (TPSA) is 77.4 Å². The molecule has 1 fully saturated rings. The summed E-state index contributed by atoms with van der Waals surface area (Å²) in [5.74, 6) is 1.91. The molecule has 7 heteroatoms. The molecule has 0 spiro atoms. The Labute approximate surface area is 159 Å². The normalized spacial score (nSPS) is 19.3. The Kier molecular flexibility index (Phi) is 5.58. The molecule has 2 aliphatic rings. The van der Waals surface area contributed by atoms with Gasteiger partial charge in [0.25, 0.3) is 0 Å². The molecule has 2 aromatic rings. The van der Waals surface area contributed by atoms with Crippen LogP contribution in [0.15, 0.2) is 30.5 Å². The van der Waals surface area contributed by atoms with Crippen molar-refractivity contribution in [1.82, 2.24) is 20.4 Å². The molecule has 144 valence electrons. The lowest BCUT2D eigenvalue weighted by Gasteiger charge is -2.20. The van der Waals surface area contributed by atoms with Gasteiger partial charge in [-0.1, -0.05) is 6.07 Å². The van der Waals surface area contributed by atoms with Crippen molar-refractivity contribution < 1.29 is 14.3 Å². The van der Waals surface area contributed by atoms with Gasteiger partial charge in [0.05, 0.1) is 18.9 Å². The molecule has 1 aromatic heterocycles. The summed E-state index contributed by atoms with van der Waals surface area (Å²) >= 11 is 0. The third-order valence-electron chi connectivity index (χ3n) is 4.98. The molecule has 1 amide bonds. The SMILES string of the molecule is O=C(Cn1ccc([C@@H]2CCCNC2)n1)NCc1ccc2c(c1)OCCCO2. The van der Waals surface area contributed by atoms with Crippen LogP contribution >= 0.6 is 0 Å². The van der Waals surface area contributed by atoms with Gasteiger partial charge < -0.3 is 20.1 Å². The van der Waals surface area contributed by atoms with Crippen LogP contribution in [0.3, 0.4) is 0 Å². The van der Waals surface area contributed by atoms with E-state index in [2.05, 4.69) is 15.7 Å².